The molecule has 0 aromatic heterocycles. The molecule has 0 saturated carbocycles. The molecular formula is C31H27NO5. The Labute approximate surface area is 215 Å². The van der Waals surface area contributed by atoms with E-state index in [0.29, 0.717) is 17.0 Å². The summed E-state index contributed by atoms with van der Waals surface area (Å²) in [6.45, 7) is 3.70. The number of esters is 1. The number of carbonyl (C=O) groups is 3. The van der Waals surface area contributed by atoms with E-state index in [1.54, 1.807) is 48.2 Å². The summed E-state index contributed by atoms with van der Waals surface area (Å²) in [6.07, 6.45) is -0.886. The summed E-state index contributed by atoms with van der Waals surface area (Å²) < 4.78 is 11.5. The number of carbonyl (C=O) groups excluding carboxylic acids is 3. The normalized spacial score (nSPS) is 16.0. The maximum Gasteiger partial charge on any atom is 0.312 e. The molecule has 1 saturated heterocycles. The Balaban J connectivity index is 1.22. The zero-order chi connectivity index (χ0) is 25.9. The van der Waals surface area contributed by atoms with E-state index in [0.717, 1.165) is 22.1 Å². The molecule has 0 N–H and O–H groups in total. The third-order valence-electron chi connectivity index (χ3n) is 6.58. The Hall–Kier alpha value is -4.45. The number of amides is 1. The number of ketones is 1. The molecule has 0 unspecified atom stereocenters. The Morgan fingerprint density at radius 3 is 2.35 bits per heavy atom. The van der Waals surface area contributed by atoms with Gasteiger partial charge >= 0.3 is 5.97 Å². The van der Waals surface area contributed by atoms with Crippen molar-refractivity contribution >= 4 is 34.1 Å². The first kappa shape index (κ1) is 24.3. The van der Waals surface area contributed by atoms with Gasteiger partial charge < -0.3 is 14.4 Å². The summed E-state index contributed by atoms with van der Waals surface area (Å²) in [5.74, 6) is -0.211. The van der Waals surface area contributed by atoms with Crippen LogP contribution >= 0.6 is 0 Å². The first-order valence-electron chi connectivity index (χ1n) is 12.3. The lowest BCUT2D eigenvalue weighted by molar-refractivity contribution is -0.151. The second-order valence-electron chi connectivity index (χ2n) is 9.29. The molecule has 0 radical (unpaired) electrons. The Morgan fingerprint density at radius 1 is 0.892 bits per heavy atom. The van der Waals surface area contributed by atoms with Crippen LogP contribution in [0.1, 0.15) is 29.3 Å². The average Bonchev–Trinajstić information content (AvgIpc) is 3.31. The molecule has 4 aromatic rings. The molecule has 0 bridgehead atoms. The minimum Gasteiger partial charge on any atom is -0.457 e. The molecule has 1 amide bonds. The van der Waals surface area contributed by atoms with Crippen LogP contribution < -0.4 is 9.64 Å². The van der Waals surface area contributed by atoms with E-state index in [2.05, 4.69) is 0 Å². The third kappa shape index (κ3) is 5.23. The van der Waals surface area contributed by atoms with Crippen LogP contribution in [0.4, 0.5) is 5.69 Å². The highest BCUT2D eigenvalue weighted by atomic mass is 16.5. The van der Waals surface area contributed by atoms with Gasteiger partial charge in [-0.25, -0.2) is 0 Å². The minimum absolute atomic E-state index is 0.0402. The van der Waals surface area contributed by atoms with E-state index in [9.17, 15) is 14.4 Å². The molecular weight excluding hydrogens is 466 g/mol. The minimum atomic E-state index is -0.926. The molecule has 1 aliphatic heterocycles. The highest BCUT2D eigenvalue weighted by Crippen LogP contribution is 2.32. The second kappa shape index (κ2) is 10.3. The monoisotopic (exact) mass is 493 g/mol. The number of ether oxygens (including phenoxy) is 2. The highest BCUT2D eigenvalue weighted by molar-refractivity contribution is 6.02. The Morgan fingerprint density at radius 2 is 1.59 bits per heavy atom. The van der Waals surface area contributed by atoms with Gasteiger partial charge in [0, 0.05) is 29.6 Å². The van der Waals surface area contributed by atoms with Gasteiger partial charge in [-0.15, -0.1) is 0 Å². The summed E-state index contributed by atoms with van der Waals surface area (Å²) in [6, 6.07) is 28.2. The molecule has 1 fully saturated rings. The Kier molecular flexibility index (Phi) is 6.73. The lowest BCUT2D eigenvalue weighted by atomic mass is 10.1. The molecule has 2 atom stereocenters. The maximum absolute atomic E-state index is 12.8. The average molecular weight is 494 g/mol. The number of Topliss-reactive ketones (excluding diaryl/α,β-unsaturated/α-hetero) is 1. The number of anilines is 1. The van der Waals surface area contributed by atoms with Gasteiger partial charge in [-0.1, -0.05) is 66.2 Å². The lowest BCUT2D eigenvalue weighted by Gasteiger charge is -2.18. The van der Waals surface area contributed by atoms with Crippen molar-refractivity contribution in [2.45, 2.75) is 26.4 Å². The Bertz CT molecular complexity index is 1450. The van der Waals surface area contributed by atoms with Gasteiger partial charge in [0.15, 0.2) is 6.10 Å². The summed E-state index contributed by atoms with van der Waals surface area (Å²) >= 11 is 0. The zero-order valence-corrected chi connectivity index (χ0v) is 20.7. The number of fused-ring (bicyclic) bond motifs is 1. The fourth-order valence-corrected chi connectivity index (χ4v) is 4.50. The van der Waals surface area contributed by atoms with Crippen molar-refractivity contribution in [3.8, 4) is 11.5 Å². The van der Waals surface area contributed by atoms with E-state index in [-0.39, 0.29) is 24.7 Å². The predicted octanol–water partition coefficient (Wildman–Crippen LogP) is 6.11. The molecule has 0 spiro atoms. The van der Waals surface area contributed by atoms with E-state index < -0.39 is 18.0 Å². The lowest BCUT2D eigenvalue weighted by Crippen LogP contribution is -2.30. The molecule has 6 heteroatoms. The topological polar surface area (TPSA) is 72.9 Å². The SMILES string of the molecule is Cc1ccc(C(=O)[C@@H](C)OC(=O)[C@H]2CC(=O)N(c3ccc(Oc4cccc5ccccc45)cc3)C2)cc1. The van der Waals surface area contributed by atoms with Crippen LogP contribution in [0, 0.1) is 12.8 Å². The molecule has 186 valence electrons. The smallest absolute Gasteiger partial charge is 0.312 e. The van der Waals surface area contributed by atoms with E-state index in [1.165, 1.54) is 0 Å². The van der Waals surface area contributed by atoms with Crippen molar-refractivity contribution < 1.29 is 23.9 Å². The van der Waals surface area contributed by atoms with Crippen LogP contribution in [0.3, 0.4) is 0 Å². The first-order chi connectivity index (χ1) is 17.9. The quantitative estimate of drug-likeness (QED) is 0.229. The number of rotatable bonds is 7. The number of benzene rings is 4. The molecule has 4 aromatic carbocycles. The highest BCUT2D eigenvalue weighted by Gasteiger charge is 2.37. The van der Waals surface area contributed by atoms with Gasteiger partial charge in [0.25, 0.3) is 0 Å². The van der Waals surface area contributed by atoms with Crippen molar-refractivity contribution in [1.82, 2.24) is 0 Å². The first-order valence-corrected chi connectivity index (χ1v) is 12.3. The van der Waals surface area contributed by atoms with E-state index in [1.807, 2.05) is 61.5 Å². The molecule has 1 heterocycles. The maximum atomic E-state index is 12.8. The molecule has 1 aliphatic rings. The van der Waals surface area contributed by atoms with Crippen LogP contribution in [-0.2, 0) is 14.3 Å². The summed E-state index contributed by atoms with van der Waals surface area (Å²) in [7, 11) is 0. The van der Waals surface area contributed by atoms with Crippen molar-refractivity contribution in [1.29, 1.82) is 0 Å². The summed E-state index contributed by atoms with van der Waals surface area (Å²) in [4.78, 5) is 39.7. The second-order valence-corrected chi connectivity index (χ2v) is 9.29. The number of nitrogens with zero attached hydrogens (tertiary/aromatic N) is 1. The third-order valence-corrected chi connectivity index (χ3v) is 6.58. The van der Waals surface area contributed by atoms with Crippen LogP contribution in [-0.4, -0.2) is 30.3 Å². The number of aryl methyl sites for hydroxylation is 1. The molecule has 5 rings (SSSR count). The standard InChI is InChI=1S/C31H27NO5/c1-20-10-12-23(13-11-20)30(34)21(2)36-31(35)24-18-29(33)32(19-24)25-14-16-26(17-15-25)37-28-9-5-7-22-6-3-4-8-27(22)28/h3-17,21,24H,18-19H2,1-2H3/t21-,24+/m1/s1. The van der Waals surface area contributed by atoms with Gasteiger partial charge in [0.1, 0.15) is 11.5 Å². The predicted molar refractivity (Wildman–Crippen MR) is 142 cm³/mol. The van der Waals surface area contributed by atoms with Gasteiger partial charge in [0.2, 0.25) is 11.7 Å². The van der Waals surface area contributed by atoms with Gasteiger partial charge in [-0.2, -0.15) is 0 Å². The molecule has 37 heavy (non-hydrogen) atoms. The fraction of sp³-hybridized carbons (Fsp3) is 0.194. The summed E-state index contributed by atoms with van der Waals surface area (Å²) in [5.41, 5.74) is 2.20. The summed E-state index contributed by atoms with van der Waals surface area (Å²) in [5, 5.41) is 2.10. The number of hydrogen-bond donors (Lipinski definition) is 0. The van der Waals surface area contributed by atoms with Gasteiger partial charge in [0.05, 0.1) is 5.92 Å². The van der Waals surface area contributed by atoms with Crippen LogP contribution in [0.15, 0.2) is 91.0 Å². The molecule has 6 nitrogen and oxygen atoms in total. The van der Waals surface area contributed by atoms with Crippen molar-refractivity contribution in [3.05, 3.63) is 102 Å². The van der Waals surface area contributed by atoms with Crippen LogP contribution in [0.5, 0.6) is 11.5 Å². The van der Waals surface area contributed by atoms with Crippen molar-refractivity contribution in [2.75, 3.05) is 11.4 Å². The van der Waals surface area contributed by atoms with E-state index >= 15 is 0 Å². The van der Waals surface area contributed by atoms with Crippen molar-refractivity contribution in [2.24, 2.45) is 5.92 Å². The van der Waals surface area contributed by atoms with Crippen LogP contribution in [0.2, 0.25) is 0 Å². The largest absolute Gasteiger partial charge is 0.457 e. The van der Waals surface area contributed by atoms with E-state index in [4.69, 9.17) is 9.47 Å². The zero-order valence-electron chi connectivity index (χ0n) is 20.7. The number of hydrogen-bond acceptors (Lipinski definition) is 5. The van der Waals surface area contributed by atoms with Crippen LogP contribution in [0.25, 0.3) is 10.8 Å². The molecule has 0 aliphatic carbocycles. The van der Waals surface area contributed by atoms with Crippen molar-refractivity contribution in [3.63, 3.8) is 0 Å². The van der Waals surface area contributed by atoms with Gasteiger partial charge in [-0.3, -0.25) is 14.4 Å². The van der Waals surface area contributed by atoms with Gasteiger partial charge in [-0.05, 0) is 49.6 Å². The fourth-order valence-electron chi connectivity index (χ4n) is 4.50.